The Labute approximate surface area is 83.5 Å². The average Bonchev–Trinajstić information content (AvgIpc) is 2.15. The number of amides is 1. The van der Waals surface area contributed by atoms with E-state index >= 15 is 0 Å². The van der Waals surface area contributed by atoms with Crippen LogP contribution in [0.15, 0.2) is 18.3 Å². The summed E-state index contributed by atoms with van der Waals surface area (Å²) < 4.78 is 0. The second-order valence-corrected chi connectivity index (χ2v) is 3.57. The van der Waals surface area contributed by atoms with Gasteiger partial charge in [-0.3, -0.25) is 9.78 Å². The van der Waals surface area contributed by atoms with E-state index < -0.39 is 5.91 Å². The SMILES string of the molecule is CC(C)CNc1ccnc(C(N)=O)c1. The number of pyridine rings is 1. The van der Waals surface area contributed by atoms with Gasteiger partial charge < -0.3 is 11.1 Å². The summed E-state index contributed by atoms with van der Waals surface area (Å²) >= 11 is 0. The van der Waals surface area contributed by atoms with E-state index in [0.29, 0.717) is 11.6 Å². The molecule has 1 heterocycles. The highest BCUT2D eigenvalue weighted by Crippen LogP contribution is 2.08. The maximum absolute atomic E-state index is 10.8. The van der Waals surface area contributed by atoms with Crippen molar-refractivity contribution in [3.8, 4) is 0 Å². The summed E-state index contributed by atoms with van der Waals surface area (Å²) in [5.74, 6) is 0.0541. The van der Waals surface area contributed by atoms with Gasteiger partial charge in [0, 0.05) is 18.4 Å². The van der Waals surface area contributed by atoms with Crippen LogP contribution in [0.4, 0.5) is 5.69 Å². The molecule has 0 atom stereocenters. The molecule has 0 saturated heterocycles. The lowest BCUT2D eigenvalue weighted by Crippen LogP contribution is -2.14. The fourth-order valence-corrected chi connectivity index (χ4v) is 0.997. The van der Waals surface area contributed by atoms with Crippen LogP contribution < -0.4 is 11.1 Å². The van der Waals surface area contributed by atoms with Crippen molar-refractivity contribution in [2.45, 2.75) is 13.8 Å². The summed E-state index contributed by atoms with van der Waals surface area (Å²) in [6.45, 7) is 5.09. The van der Waals surface area contributed by atoms with Gasteiger partial charge in [-0.1, -0.05) is 13.8 Å². The van der Waals surface area contributed by atoms with E-state index in [2.05, 4.69) is 24.1 Å². The molecule has 0 spiro atoms. The van der Waals surface area contributed by atoms with Crippen molar-refractivity contribution >= 4 is 11.6 Å². The van der Waals surface area contributed by atoms with E-state index in [4.69, 9.17) is 5.73 Å². The van der Waals surface area contributed by atoms with E-state index in [0.717, 1.165) is 12.2 Å². The van der Waals surface area contributed by atoms with Crippen LogP contribution in [-0.4, -0.2) is 17.4 Å². The number of hydrogen-bond donors (Lipinski definition) is 2. The summed E-state index contributed by atoms with van der Waals surface area (Å²) in [6.07, 6.45) is 1.57. The molecule has 0 aliphatic carbocycles. The first kappa shape index (κ1) is 10.5. The van der Waals surface area contributed by atoms with Crippen molar-refractivity contribution in [2.24, 2.45) is 11.7 Å². The molecule has 0 aliphatic heterocycles. The molecule has 1 amide bonds. The number of rotatable bonds is 4. The minimum atomic E-state index is -0.502. The van der Waals surface area contributed by atoms with Gasteiger partial charge in [0.25, 0.3) is 5.91 Å². The van der Waals surface area contributed by atoms with Crippen molar-refractivity contribution < 1.29 is 4.79 Å². The number of carbonyl (C=O) groups excluding carboxylic acids is 1. The fourth-order valence-electron chi connectivity index (χ4n) is 0.997. The van der Waals surface area contributed by atoms with Crippen LogP contribution in [0.25, 0.3) is 0 Å². The number of nitrogens with two attached hydrogens (primary N) is 1. The molecule has 14 heavy (non-hydrogen) atoms. The van der Waals surface area contributed by atoms with Crippen LogP contribution in [0.1, 0.15) is 24.3 Å². The summed E-state index contributed by atoms with van der Waals surface area (Å²) in [5, 5.41) is 3.19. The first-order chi connectivity index (χ1) is 6.59. The third kappa shape index (κ3) is 3.05. The maximum atomic E-state index is 10.8. The average molecular weight is 193 g/mol. The molecule has 4 nitrogen and oxygen atoms in total. The molecule has 0 aliphatic rings. The Bertz CT molecular complexity index is 323. The van der Waals surface area contributed by atoms with Gasteiger partial charge in [0.15, 0.2) is 0 Å². The number of carbonyl (C=O) groups is 1. The molecular formula is C10H15N3O. The number of hydrogen-bond acceptors (Lipinski definition) is 3. The summed E-state index contributed by atoms with van der Waals surface area (Å²) in [6, 6.07) is 3.47. The number of aromatic nitrogens is 1. The Morgan fingerprint density at radius 2 is 2.36 bits per heavy atom. The van der Waals surface area contributed by atoms with Crippen molar-refractivity contribution in [3.05, 3.63) is 24.0 Å². The maximum Gasteiger partial charge on any atom is 0.267 e. The molecular weight excluding hydrogens is 178 g/mol. The predicted molar refractivity (Wildman–Crippen MR) is 56.1 cm³/mol. The lowest BCUT2D eigenvalue weighted by Gasteiger charge is -2.08. The van der Waals surface area contributed by atoms with Gasteiger partial charge >= 0.3 is 0 Å². The molecule has 4 heteroatoms. The fraction of sp³-hybridized carbons (Fsp3) is 0.400. The molecule has 0 aromatic carbocycles. The standard InChI is InChI=1S/C10H15N3O/c1-7(2)6-13-8-3-4-12-9(5-8)10(11)14/h3-5,7H,6H2,1-2H3,(H2,11,14)(H,12,13). The smallest absolute Gasteiger partial charge is 0.267 e. The van der Waals surface area contributed by atoms with E-state index in [9.17, 15) is 4.79 Å². The monoisotopic (exact) mass is 193 g/mol. The molecule has 1 rings (SSSR count). The lowest BCUT2D eigenvalue weighted by molar-refractivity contribution is 0.0995. The summed E-state index contributed by atoms with van der Waals surface area (Å²) in [4.78, 5) is 14.7. The molecule has 1 aromatic rings. The molecule has 0 radical (unpaired) electrons. The van der Waals surface area contributed by atoms with Crippen LogP contribution >= 0.6 is 0 Å². The third-order valence-corrected chi connectivity index (χ3v) is 1.73. The highest BCUT2D eigenvalue weighted by molar-refractivity contribution is 5.91. The Kier molecular flexibility index (Phi) is 3.45. The molecule has 3 N–H and O–H groups in total. The second kappa shape index (κ2) is 4.60. The molecule has 76 valence electrons. The van der Waals surface area contributed by atoms with Gasteiger partial charge in [0.05, 0.1) is 0 Å². The largest absolute Gasteiger partial charge is 0.385 e. The number of primary amides is 1. The van der Waals surface area contributed by atoms with Gasteiger partial charge in [-0.25, -0.2) is 0 Å². The van der Waals surface area contributed by atoms with Crippen LogP contribution in [0.2, 0.25) is 0 Å². The number of nitrogens with zero attached hydrogens (tertiary/aromatic N) is 1. The minimum Gasteiger partial charge on any atom is -0.385 e. The van der Waals surface area contributed by atoms with Crippen molar-refractivity contribution in [3.63, 3.8) is 0 Å². The minimum absolute atomic E-state index is 0.291. The van der Waals surface area contributed by atoms with E-state index in [-0.39, 0.29) is 0 Å². The zero-order chi connectivity index (χ0) is 10.6. The van der Waals surface area contributed by atoms with Crippen LogP contribution in [0.3, 0.4) is 0 Å². The Morgan fingerprint density at radius 1 is 1.64 bits per heavy atom. The van der Waals surface area contributed by atoms with Crippen LogP contribution in [0.5, 0.6) is 0 Å². The van der Waals surface area contributed by atoms with E-state index in [1.165, 1.54) is 0 Å². The topological polar surface area (TPSA) is 68.0 Å². The van der Waals surface area contributed by atoms with Crippen LogP contribution in [-0.2, 0) is 0 Å². The lowest BCUT2D eigenvalue weighted by atomic mass is 10.2. The quantitative estimate of drug-likeness (QED) is 0.756. The highest BCUT2D eigenvalue weighted by atomic mass is 16.1. The Morgan fingerprint density at radius 3 is 2.93 bits per heavy atom. The zero-order valence-electron chi connectivity index (χ0n) is 8.45. The zero-order valence-corrected chi connectivity index (χ0v) is 8.45. The normalized spacial score (nSPS) is 10.2. The van der Waals surface area contributed by atoms with E-state index in [1.807, 2.05) is 6.07 Å². The Hall–Kier alpha value is -1.58. The highest BCUT2D eigenvalue weighted by Gasteiger charge is 2.02. The second-order valence-electron chi connectivity index (χ2n) is 3.57. The number of anilines is 1. The van der Waals surface area contributed by atoms with Gasteiger partial charge in [-0.05, 0) is 18.1 Å². The predicted octanol–water partition coefficient (Wildman–Crippen LogP) is 1.25. The first-order valence-electron chi connectivity index (χ1n) is 4.59. The van der Waals surface area contributed by atoms with Gasteiger partial charge in [-0.2, -0.15) is 0 Å². The molecule has 0 fully saturated rings. The summed E-state index contributed by atoms with van der Waals surface area (Å²) in [5.41, 5.74) is 6.28. The summed E-state index contributed by atoms with van der Waals surface area (Å²) in [7, 11) is 0. The van der Waals surface area contributed by atoms with E-state index in [1.54, 1.807) is 12.3 Å². The first-order valence-corrected chi connectivity index (χ1v) is 4.59. The molecule has 0 unspecified atom stereocenters. The Balaban J connectivity index is 2.69. The molecule has 1 aromatic heterocycles. The van der Waals surface area contributed by atoms with Crippen LogP contribution in [0, 0.1) is 5.92 Å². The third-order valence-electron chi connectivity index (χ3n) is 1.73. The molecule has 0 bridgehead atoms. The van der Waals surface area contributed by atoms with Crippen molar-refractivity contribution in [1.82, 2.24) is 4.98 Å². The van der Waals surface area contributed by atoms with Gasteiger partial charge in [0.2, 0.25) is 0 Å². The number of nitrogens with one attached hydrogen (secondary N) is 1. The molecule has 0 saturated carbocycles. The van der Waals surface area contributed by atoms with Crippen molar-refractivity contribution in [2.75, 3.05) is 11.9 Å². The van der Waals surface area contributed by atoms with Gasteiger partial charge in [-0.15, -0.1) is 0 Å². The van der Waals surface area contributed by atoms with Crippen molar-refractivity contribution in [1.29, 1.82) is 0 Å². The van der Waals surface area contributed by atoms with Gasteiger partial charge in [0.1, 0.15) is 5.69 Å².